The molecule has 2 aromatic carbocycles. The van der Waals surface area contributed by atoms with Gasteiger partial charge in [-0.25, -0.2) is 0 Å². The van der Waals surface area contributed by atoms with Crippen LogP contribution in [0.5, 0.6) is 5.75 Å². The van der Waals surface area contributed by atoms with Gasteiger partial charge in [0.2, 0.25) is 0 Å². The van der Waals surface area contributed by atoms with Crippen LogP contribution in [0.3, 0.4) is 0 Å². The number of carbonyl (C=O) groups excluding carboxylic acids is 2. The molecule has 0 aromatic heterocycles. The van der Waals surface area contributed by atoms with Crippen molar-refractivity contribution >= 4 is 29.2 Å². The van der Waals surface area contributed by atoms with Crippen LogP contribution in [0.1, 0.15) is 12.5 Å². The maximum Gasteiger partial charge on any atom is 0.313 e. The molecule has 0 spiro atoms. The number of halogens is 1. The lowest BCUT2D eigenvalue weighted by molar-refractivity contribution is -0.159. The number of rotatable bonds is 4. The van der Waals surface area contributed by atoms with Crippen molar-refractivity contribution in [2.24, 2.45) is 5.92 Å². The first-order valence-electron chi connectivity index (χ1n) is 8.40. The Bertz CT molecular complexity index is 809. The van der Waals surface area contributed by atoms with Crippen molar-refractivity contribution in [3.8, 4) is 5.75 Å². The molecular formula is C20H20ClNO4. The number of para-hydroxylation sites is 1. The monoisotopic (exact) mass is 373 g/mol. The molecule has 1 aliphatic rings. The highest BCUT2D eigenvalue weighted by Crippen LogP contribution is 2.30. The Morgan fingerprint density at radius 2 is 1.96 bits per heavy atom. The summed E-state index contributed by atoms with van der Waals surface area (Å²) in [5.74, 6) is -0.465. The molecule has 5 nitrogen and oxygen atoms in total. The largest absolute Gasteiger partial charge is 0.492 e. The summed E-state index contributed by atoms with van der Waals surface area (Å²) >= 11 is 6.00. The molecule has 0 N–H and O–H groups in total. The Morgan fingerprint density at radius 3 is 2.69 bits per heavy atom. The first-order chi connectivity index (χ1) is 12.5. The number of carbonyl (C=O) groups is 2. The Hall–Kier alpha value is -2.53. The standard InChI is InChI=1S/C20H20ClNO4/c1-13(19(23)22(2)17-6-4-3-5-7-17)26-20(24)15-10-14-11-16(21)8-9-18(14)25-12-15/h3-9,11,13,15H,10,12H2,1-2H3/t13-,15-/m1/s1. The first kappa shape index (κ1) is 18.3. The molecule has 0 saturated carbocycles. The number of hydrogen-bond donors (Lipinski definition) is 0. The van der Waals surface area contributed by atoms with Gasteiger partial charge in [0, 0.05) is 17.8 Å². The zero-order chi connectivity index (χ0) is 18.7. The summed E-state index contributed by atoms with van der Waals surface area (Å²) < 4.78 is 11.0. The minimum absolute atomic E-state index is 0.225. The Labute approximate surface area is 157 Å². The maximum atomic E-state index is 12.5. The van der Waals surface area contributed by atoms with E-state index in [2.05, 4.69) is 0 Å². The van der Waals surface area contributed by atoms with Gasteiger partial charge in [0.1, 0.15) is 12.4 Å². The fourth-order valence-corrected chi connectivity index (χ4v) is 3.08. The number of hydrogen-bond acceptors (Lipinski definition) is 4. The number of fused-ring (bicyclic) bond motifs is 1. The second-order valence-corrected chi connectivity index (χ2v) is 6.71. The number of amides is 1. The van der Waals surface area contributed by atoms with E-state index in [1.54, 1.807) is 32.2 Å². The molecule has 0 radical (unpaired) electrons. The van der Waals surface area contributed by atoms with Crippen molar-refractivity contribution in [3.63, 3.8) is 0 Å². The van der Waals surface area contributed by atoms with Crippen LogP contribution in [0.25, 0.3) is 0 Å². The molecule has 6 heteroatoms. The minimum atomic E-state index is -0.881. The molecule has 136 valence electrons. The van der Waals surface area contributed by atoms with Gasteiger partial charge < -0.3 is 14.4 Å². The molecule has 0 unspecified atom stereocenters. The maximum absolute atomic E-state index is 12.5. The summed E-state index contributed by atoms with van der Waals surface area (Å²) in [6, 6.07) is 14.5. The second-order valence-electron chi connectivity index (χ2n) is 6.28. The van der Waals surface area contributed by atoms with Gasteiger partial charge in [0.15, 0.2) is 6.10 Å². The van der Waals surface area contributed by atoms with Gasteiger partial charge in [-0.15, -0.1) is 0 Å². The topological polar surface area (TPSA) is 55.8 Å². The van der Waals surface area contributed by atoms with Crippen LogP contribution in [0.15, 0.2) is 48.5 Å². The lowest BCUT2D eigenvalue weighted by Gasteiger charge is -2.26. The predicted molar refractivity (Wildman–Crippen MR) is 99.5 cm³/mol. The molecule has 3 rings (SSSR count). The zero-order valence-corrected chi connectivity index (χ0v) is 15.4. The molecule has 0 bridgehead atoms. The van der Waals surface area contributed by atoms with Gasteiger partial charge in [0.05, 0.1) is 5.92 Å². The van der Waals surface area contributed by atoms with E-state index in [0.29, 0.717) is 11.4 Å². The average molecular weight is 374 g/mol. The van der Waals surface area contributed by atoms with Crippen molar-refractivity contribution in [2.75, 3.05) is 18.6 Å². The molecule has 1 amide bonds. The van der Waals surface area contributed by atoms with Gasteiger partial charge in [-0.3, -0.25) is 9.59 Å². The highest BCUT2D eigenvalue weighted by Gasteiger charge is 2.31. The number of anilines is 1. The molecule has 1 heterocycles. The second kappa shape index (κ2) is 7.79. The van der Waals surface area contributed by atoms with Crippen LogP contribution in [0, 0.1) is 5.92 Å². The van der Waals surface area contributed by atoms with Gasteiger partial charge in [-0.2, -0.15) is 0 Å². The van der Waals surface area contributed by atoms with Crippen LogP contribution in [-0.2, 0) is 20.7 Å². The molecular weight excluding hydrogens is 354 g/mol. The van der Waals surface area contributed by atoms with Crippen LogP contribution >= 0.6 is 11.6 Å². The third-order valence-electron chi connectivity index (χ3n) is 4.38. The van der Waals surface area contributed by atoms with Crippen molar-refractivity contribution in [1.82, 2.24) is 0 Å². The van der Waals surface area contributed by atoms with Crippen molar-refractivity contribution in [2.45, 2.75) is 19.4 Å². The van der Waals surface area contributed by atoms with E-state index in [0.717, 1.165) is 17.0 Å². The first-order valence-corrected chi connectivity index (χ1v) is 8.78. The Morgan fingerprint density at radius 1 is 1.23 bits per heavy atom. The number of benzene rings is 2. The molecule has 26 heavy (non-hydrogen) atoms. The Balaban J connectivity index is 1.62. The molecule has 0 aliphatic carbocycles. The number of ether oxygens (including phenoxy) is 2. The van der Waals surface area contributed by atoms with Crippen LogP contribution in [0.4, 0.5) is 5.69 Å². The molecule has 0 fully saturated rings. The molecule has 2 aromatic rings. The van der Waals surface area contributed by atoms with E-state index in [1.807, 2.05) is 30.3 Å². The zero-order valence-electron chi connectivity index (χ0n) is 14.6. The van der Waals surface area contributed by atoms with Crippen LogP contribution < -0.4 is 9.64 Å². The van der Waals surface area contributed by atoms with Gasteiger partial charge in [-0.05, 0) is 49.2 Å². The lowest BCUT2D eigenvalue weighted by atomic mass is 9.97. The summed E-state index contributed by atoms with van der Waals surface area (Å²) in [5, 5.41) is 0.592. The van der Waals surface area contributed by atoms with Crippen molar-refractivity contribution in [1.29, 1.82) is 0 Å². The van der Waals surface area contributed by atoms with Crippen molar-refractivity contribution < 1.29 is 19.1 Å². The number of likely N-dealkylation sites (N-methyl/N-ethyl adjacent to an activating group) is 1. The molecule has 0 saturated heterocycles. The van der Waals surface area contributed by atoms with Crippen LogP contribution in [-0.4, -0.2) is 31.6 Å². The van der Waals surface area contributed by atoms with Gasteiger partial charge in [0.25, 0.3) is 5.91 Å². The summed E-state index contributed by atoms with van der Waals surface area (Å²) in [6.45, 7) is 1.80. The summed E-state index contributed by atoms with van der Waals surface area (Å²) in [4.78, 5) is 26.4. The van der Waals surface area contributed by atoms with E-state index in [9.17, 15) is 9.59 Å². The lowest BCUT2D eigenvalue weighted by Crippen LogP contribution is -2.40. The van der Waals surface area contributed by atoms with Crippen LogP contribution in [0.2, 0.25) is 5.02 Å². The smallest absolute Gasteiger partial charge is 0.313 e. The average Bonchev–Trinajstić information content (AvgIpc) is 2.66. The van der Waals surface area contributed by atoms with Gasteiger partial charge >= 0.3 is 5.97 Å². The number of esters is 1. The Kier molecular flexibility index (Phi) is 5.47. The third-order valence-corrected chi connectivity index (χ3v) is 4.61. The minimum Gasteiger partial charge on any atom is -0.492 e. The van der Waals surface area contributed by atoms with Crippen molar-refractivity contribution in [3.05, 3.63) is 59.1 Å². The van der Waals surface area contributed by atoms with E-state index < -0.39 is 18.0 Å². The fraction of sp³-hybridized carbons (Fsp3) is 0.300. The molecule has 2 atom stereocenters. The quantitative estimate of drug-likeness (QED) is 0.770. The van der Waals surface area contributed by atoms with E-state index in [1.165, 1.54) is 4.90 Å². The predicted octanol–water partition coefficient (Wildman–Crippen LogP) is 3.49. The summed E-state index contributed by atoms with van der Waals surface area (Å²) in [6.07, 6.45) is -0.405. The van der Waals surface area contributed by atoms with E-state index in [-0.39, 0.29) is 12.5 Å². The fourth-order valence-electron chi connectivity index (χ4n) is 2.89. The summed E-state index contributed by atoms with van der Waals surface area (Å²) in [5.41, 5.74) is 1.61. The van der Waals surface area contributed by atoms with E-state index in [4.69, 9.17) is 21.1 Å². The highest BCUT2D eigenvalue weighted by molar-refractivity contribution is 6.30. The normalized spacial score (nSPS) is 16.8. The highest BCUT2D eigenvalue weighted by atomic mass is 35.5. The SMILES string of the molecule is C[C@@H](OC(=O)[C@H]1COc2ccc(Cl)cc2C1)C(=O)N(C)c1ccccc1. The van der Waals surface area contributed by atoms with Gasteiger partial charge in [-0.1, -0.05) is 29.8 Å². The summed E-state index contributed by atoms with van der Waals surface area (Å²) in [7, 11) is 1.66. The van der Waals surface area contributed by atoms with E-state index >= 15 is 0 Å². The molecule has 1 aliphatic heterocycles. The third kappa shape index (κ3) is 3.99. The number of nitrogens with zero attached hydrogens (tertiary/aromatic N) is 1.